The van der Waals surface area contributed by atoms with Gasteiger partial charge in [0.1, 0.15) is 24.0 Å². The molecule has 2 aliphatic rings. The molecule has 0 saturated carbocycles. The zero-order chi connectivity index (χ0) is 66.9. The number of fused-ring (bicyclic) bond motifs is 2. The van der Waals surface area contributed by atoms with Crippen LogP contribution in [0.4, 0.5) is 34.3 Å². The molecule has 0 unspecified atom stereocenters. The van der Waals surface area contributed by atoms with Crippen LogP contribution in [0.3, 0.4) is 0 Å². The zero-order valence-electron chi connectivity index (χ0n) is 60.6. The van der Waals surface area contributed by atoms with E-state index in [1.807, 2.05) is 48.5 Å². The Morgan fingerprint density at radius 1 is 0.537 bits per heavy atom. The normalized spacial score (nSPS) is 17.2. The molecule has 0 spiro atoms. The third-order valence-electron chi connectivity index (χ3n) is 16.3. The predicted octanol–water partition coefficient (Wildman–Crippen LogP) is 21.1. The van der Waals surface area contributed by atoms with Crippen LogP contribution < -0.4 is 19.9 Å². The summed E-state index contributed by atoms with van der Waals surface area (Å²) in [6.07, 6.45) is 3.55. The molecular formula is C75H80N4O. The molecule has 0 radical (unpaired) electrons. The number of anilines is 6. The van der Waals surface area contributed by atoms with Gasteiger partial charge in [0.15, 0.2) is 0 Å². The van der Waals surface area contributed by atoms with Crippen molar-refractivity contribution in [2.24, 2.45) is 0 Å². The van der Waals surface area contributed by atoms with Gasteiger partial charge in [-0.25, -0.2) is 4.98 Å². The van der Waals surface area contributed by atoms with Crippen LogP contribution in [0.1, 0.15) is 153 Å². The SMILES string of the molecule is [2H]c1c([2H])c([2H])c(-c2cccc(-c3cc(C(C)(C)C)cc(C(C)(C)C)c3)c2N2CN(c3ccc(C(C)(C)C)c(Oc4ccc(-c5c([2H])c([2H])c([2H])c([2H])c5Nc5cc(C([2H])([2H])[2H])c(-c6ccc7c(c6)C(C)(C)CCC7(C)C)cn5)cc4)c3)c3ccccc32)c([2H])c1[2H]. The molecule has 11 rings (SSSR count). The van der Waals surface area contributed by atoms with Gasteiger partial charge >= 0.3 is 0 Å². The van der Waals surface area contributed by atoms with Gasteiger partial charge in [-0.1, -0.05) is 223 Å². The highest BCUT2D eigenvalue weighted by Crippen LogP contribution is 2.52. The lowest BCUT2D eigenvalue weighted by atomic mass is 9.63. The van der Waals surface area contributed by atoms with E-state index in [4.69, 9.17) is 20.7 Å². The van der Waals surface area contributed by atoms with Gasteiger partial charge in [-0.2, -0.15) is 0 Å². The highest BCUT2D eigenvalue weighted by atomic mass is 16.5. The second kappa shape index (κ2) is 20.3. The number of hydrogen-bond acceptors (Lipinski definition) is 5. The van der Waals surface area contributed by atoms with E-state index < -0.39 is 42.5 Å². The molecule has 1 aliphatic carbocycles. The maximum Gasteiger partial charge on any atom is 0.133 e. The van der Waals surface area contributed by atoms with Crippen LogP contribution in [0.5, 0.6) is 11.5 Å². The van der Waals surface area contributed by atoms with Crippen molar-refractivity contribution in [1.82, 2.24) is 4.98 Å². The first-order valence-corrected chi connectivity index (χ1v) is 27.8. The molecule has 5 heteroatoms. The van der Waals surface area contributed by atoms with Crippen LogP contribution in [0.2, 0.25) is 0 Å². The Kier molecular flexibility index (Phi) is 10.5. The molecule has 0 bridgehead atoms. The Labute approximate surface area is 494 Å². The molecule has 0 fully saturated rings. The molecule has 9 aromatic rings. The summed E-state index contributed by atoms with van der Waals surface area (Å²) < 4.78 is 114. The maximum atomic E-state index is 9.31. The van der Waals surface area contributed by atoms with Gasteiger partial charge in [-0.3, -0.25) is 0 Å². The first-order valence-electron chi connectivity index (χ1n) is 33.8. The van der Waals surface area contributed by atoms with E-state index >= 15 is 0 Å². The highest BCUT2D eigenvalue weighted by molar-refractivity contribution is 5.99. The van der Waals surface area contributed by atoms with Crippen molar-refractivity contribution < 1.29 is 21.2 Å². The smallest absolute Gasteiger partial charge is 0.133 e. The second-order valence-electron chi connectivity index (χ2n) is 26.1. The van der Waals surface area contributed by atoms with Crippen LogP contribution in [0.25, 0.3) is 44.5 Å². The Balaban J connectivity index is 0.972. The summed E-state index contributed by atoms with van der Waals surface area (Å²) >= 11 is 0. The molecule has 0 saturated heterocycles. The number of pyridine rings is 1. The van der Waals surface area contributed by atoms with Crippen LogP contribution in [0.15, 0.2) is 188 Å². The van der Waals surface area contributed by atoms with E-state index in [1.165, 1.54) is 23.4 Å². The molecule has 0 amide bonds. The summed E-state index contributed by atoms with van der Waals surface area (Å²) in [4.78, 5) is 9.07. The lowest BCUT2D eigenvalue weighted by molar-refractivity contribution is 0.332. The number of aryl methyl sites for hydroxylation is 1. The molecule has 8 aromatic carbocycles. The lowest BCUT2D eigenvalue weighted by Crippen LogP contribution is -2.33. The number of para-hydroxylation sites is 4. The minimum Gasteiger partial charge on any atom is -0.457 e. The molecule has 5 nitrogen and oxygen atoms in total. The minimum absolute atomic E-state index is 0.0259. The van der Waals surface area contributed by atoms with E-state index in [0.29, 0.717) is 33.9 Å². The van der Waals surface area contributed by atoms with Crippen molar-refractivity contribution in [2.45, 2.75) is 137 Å². The van der Waals surface area contributed by atoms with Gasteiger partial charge in [0.05, 0.1) is 29.4 Å². The fourth-order valence-electron chi connectivity index (χ4n) is 11.4. The van der Waals surface area contributed by atoms with Crippen LogP contribution in [-0.4, -0.2) is 11.7 Å². The van der Waals surface area contributed by atoms with Crippen molar-refractivity contribution in [3.8, 4) is 56.0 Å². The largest absolute Gasteiger partial charge is 0.457 e. The van der Waals surface area contributed by atoms with Gasteiger partial charge in [0, 0.05) is 55.6 Å². The molecule has 406 valence electrons. The Hall–Kier alpha value is -7.89. The number of benzene rings is 8. The fourth-order valence-corrected chi connectivity index (χ4v) is 11.4. The van der Waals surface area contributed by atoms with Crippen molar-refractivity contribution in [3.63, 3.8) is 0 Å². The Morgan fingerprint density at radius 2 is 1.16 bits per heavy atom. The molecule has 2 heterocycles. The average molecular weight is 1070 g/mol. The van der Waals surface area contributed by atoms with Crippen LogP contribution in [0, 0.1) is 6.85 Å². The number of hydrogen-bond donors (Lipinski definition) is 1. The van der Waals surface area contributed by atoms with Crippen LogP contribution in [-0.2, 0) is 27.1 Å². The number of nitrogens with one attached hydrogen (secondary N) is 1. The van der Waals surface area contributed by atoms with Crippen LogP contribution >= 0.6 is 0 Å². The predicted molar refractivity (Wildman–Crippen MR) is 340 cm³/mol. The molecule has 0 atom stereocenters. The highest BCUT2D eigenvalue weighted by Gasteiger charge is 2.38. The molecule has 1 aliphatic heterocycles. The van der Waals surface area contributed by atoms with E-state index in [-0.39, 0.29) is 80.7 Å². The zero-order valence-corrected chi connectivity index (χ0v) is 48.6. The molecule has 1 aromatic heterocycles. The van der Waals surface area contributed by atoms with Crippen molar-refractivity contribution in [1.29, 1.82) is 0 Å². The van der Waals surface area contributed by atoms with Gasteiger partial charge in [0.25, 0.3) is 0 Å². The summed E-state index contributed by atoms with van der Waals surface area (Å²) in [6, 6.07) is 37.8. The number of nitrogens with zero attached hydrogens (tertiary/aromatic N) is 3. The first-order chi connectivity index (χ1) is 42.9. The summed E-state index contributed by atoms with van der Waals surface area (Å²) in [5.74, 6) is 1.12. The summed E-state index contributed by atoms with van der Waals surface area (Å²) in [6.45, 7) is 26.1. The minimum atomic E-state index is -2.56. The van der Waals surface area contributed by atoms with Gasteiger partial charge in [-0.05, 0) is 139 Å². The van der Waals surface area contributed by atoms with Gasteiger partial charge in [-0.15, -0.1) is 0 Å². The lowest BCUT2D eigenvalue weighted by Gasteiger charge is -2.42. The fraction of sp³-hybridized carbons (Fsp3) is 0.293. The Morgan fingerprint density at radius 3 is 1.82 bits per heavy atom. The van der Waals surface area contributed by atoms with E-state index in [2.05, 4.69) is 154 Å². The van der Waals surface area contributed by atoms with Crippen molar-refractivity contribution >= 4 is 34.3 Å². The van der Waals surface area contributed by atoms with E-state index in [0.717, 1.165) is 63.3 Å². The third-order valence-corrected chi connectivity index (χ3v) is 16.3. The Bertz CT molecular complexity index is 4380. The van der Waals surface area contributed by atoms with Gasteiger partial charge < -0.3 is 19.9 Å². The topological polar surface area (TPSA) is 40.6 Å². The van der Waals surface area contributed by atoms with E-state index in [1.54, 1.807) is 24.3 Å². The summed E-state index contributed by atoms with van der Waals surface area (Å²) in [7, 11) is 0. The average Bonchev–Trinajstić information content (AvgIpc) is 1.28. The summed E-state index contributed by atoms with van der Waals surface area (Å²) in [5.41, 5.74) is 12.0. The molecular weight excluding hydrogens is 973 g/mol. The third kappa shape index (κ3) is 10.6. The van der Waals surface area contributed by atoms with Gasteiger partial charge in [0.2, 0.25) is 0 Å². The molecule has 1 N–H and O–H groups in total. The maximum absolute atomic E-state index is 9.31. The standard InChI is InChI=1S/C75H80N4O/c1-49-41-69(76-47-61(49)52-33-37-62-64(44-52)75(13,14)40-39-74(62,11)12)77-65-28-19-18-25-58(65)51-31-35-57(36-32-51)80-68-46-56(34-38-63(68)73(8,9)10)78-48-79(67-30-21-20-29-66(67)78)70-59(50-23-16-15-17-24-50)26-22-27-60(70)53-42-54(71(2,3)4)45-55(43-53)72(5,6)7/h15-38,41-47H,39-40,48H2,1-14H3,(H,76,77)/i1D3,15D,16D,17D,18D,19D,23D,24D,25D,28D. The molecule has 80 heavy (non-hydrogen) atoms. The van der Waals surface area contributed by atoms with Crippen molar-refractivity contribution in [2.75, 3.05) is 21.8 Å². The van der Waals surface area contributed by atoms with E-state index in [9.17, 15) is 5.48 Å². The van der Waals surface area contributed by atoms with Crippen molar-refractivity contribution in [3.05, 3.63) is 221 Å². The quantitative estimate of drug-likeness (QED) is 0.148. The summed E-state index contributed by atoms with van der Waals surface area (Å²) in [5, 5.41) is 3.14. The number of rotatable bonds is 10. The monoisotopic (exact) mass is 1060 g/mol. The first kappa shape index (κ1) is 41.2. The second-order valence-corrected chi connectivity index (χ2v) is 26.1. The number of aromatic nitrogens is 1. The number of ether oxygens (including phenoxy) is 1.